The molecule has 0 aliphatic carbocycles. The third-order valence-electron chi connectivity index (χ3n) is 3.77. The number of hydrogen-bond acceptors (Lipinski definition) is 4. The van der Waals surface area contributed by atoms with E-state index >= 15 is 0 Å². The van der Waals surface area contributed by atoms with Gasteiger partial charge in [-0.25, -0.2) is 9.97 Å². The summed E-state index contributed by atoms with van der Waals surface area (Å²) in [6, 6.07) is 13.7. The fourth-order valence-corrected chi connectivity index (χ4v) is 3.39. The lowest BCUT2D eigenvalue weighted by molar-refractivity contribution is -0.145. The van der Waals surface area contributed by atoms with Gasteiger partial charge in [-0.1, -0.05) is 42.1 Å². The van der Waals surface area contributed by atoms with Gasteiger partial charge in [0, 0.05) is 11.1 Å². The number of thioether (sulfide) groups is 1. The second-order valence-electron chi connectivity index (χ2n) is 5.99. The van der Waals surface area contributed by atoms with Crippen molar-refractivity contribution in [2.45, 2.75) is 30.3 Å². The minimum absolute atomic E-state index is 0.125. The van der Waals surface area contributed by atoms with Crippen molar-refractivity contribution in [3.05, 3.63) is 59.9 Å². The maximum atomic E-state index is 13.1. The van der Waals surface area contributed by atoms with Gasteiger partial charge >= 0.3 is 6.18 Å². The van der Waals surface area contributed by atoms with Gasteiger partial charge < -0.3 is 5.32 Å². The Morgan fingerprint density at radius 3 is 2.56 bits per heavy atom. The molecule has 27 heavy (non-hydrogen) atoms. The molecule has 8 heteroatoms. The van der Waals surface area contributed by atoms with Crippen LogP contribution < -0.4 is 5.32 Å². The Hall–Kier alpha value is -2.61. The minimum atomic E-state index is -4.66. The summed E-state index contributed by atoms with van der Waals surface area (Å²) in [7, 11) is 0. The van der Waals surface area contributed by atoms with E-state index in [1.807, 2.05) is 25.1 Å². The minimum Gasteiger partial charge on any atom is -0.325 e. The second kappa shape index (κ2) is 7.56. The molecule has 1 atom stereocenters. The summed E-state index contributed by atoms with van der Waals surface area (Å²) in [5, 5.41) is 2.72. The van der Waals surface area contributed by atoms with Crippen LogP contribution in [0.5, 0.6) is 0 Å². The number of halogens is 3. The van der Waals surface area contributed by atoms with Gasteiger partial charge in [-0.2, -0.15) is 13.2 Å². The molecule has 0 fully saturated rings. The van der Waals surface area contributed by atoms with Crippen molar-refractivity contribution in [2.75, 3.05) is 5.32 Å². The molecule has 3 aromatic rings. The molecule has 0 aliphatic rings. The normalized spacial score (nSPS) is 12.8. The zero-order valence-electron chi connectivity index (χ0n) is 14.5. The SMILES string of the molecule is Cc1cccc(NC(=O)[C@@H](C)Sc2nc(C(F)(F)F)nc3ccccc23)c1. The number of nitrogens with zero attached hydrogens (tertiary/aromatic N) is 2. The first-order valence-electron chi connectivity index (χ1n) is 8.12. The predicted octanol–water partition coefficient (Wildman–Crippen LogP) is 5.08. The number of amides is 1. The zero-order chi connectivity index (χ0) is 19.6. The lowest BCUT2D eigenvalue weighted by Crippen LogP contribution is -2.23. The molecule has 0 spiro atoms. The third-order valence-corrected chi connectivity index (χ3v) is 4.87. The van der Waals surface area contributed by atoms with E-state index in [2.05, 4.69) is 15.3 Å². The molecule has 0 radical (unpaired) electrons. The van der Waals surface area contributed by atoms with Crippen LogP contribution in [0.1, 0.15) is 18.3 Å². The topological polar surface area (TPSA) is 54.9 Å². The molecule has 0 bridgehead atoms. The van der Waals surface area contributed by atoms with Gasteiger partial charge in [0.1, 0.15) is 5.03 Å². The van der Waals surface area contributed by atoms with Crippen molar-refractivity contribution in [2.24, 2.45) is 0 Å². The molecule has 1 N–H and O–H groups in total. The van der Waals surface area contributed by atoms with Gasteiger partial charge in [-0.3, -0.25) is 4.79 Å². The highest BCUT2D eigenvalue weighted by Gasteiger charge is 2.35. The highest BCUT2D eigenvalue weighted by molar-refractivity contribution is 8.00. The summed E-state index contributed by atoms with van der Waals surface area (Å²) < 4.78 is 39.3. The Balaban J connectivity index is 1.87. The number of carbonyl (C=O) groups is 1. The lowest BCUT2D eigenvalue weighted by Gasteiger charge is -2.14. The Morgan fingerprint density at radius 1 is 1.11 bits per heavy atom. The van der Waals surface area contributed by atoms with Crippen LogP contribution in [0.15, 0.2) is 53.6 Å². The fourth-order valence-electron chi connectivity index (χ4n) is 2.45. The second-order valence-corrected chi connectivity index (χ2v) is 7.32. The number of aromatic nitrogens is 2. The van der Waals surface area contributed by atoms with E-state index < -0.39 is 17.3 Å². The summed E-state index contributed by atoms with van der Waals surface area (Å²) >= 11 is 0.972. The first-order valence-corrected chi connectivity index (χ1v) is 9.00. The molecule has 0 unspecified atom stereocenters. The van der Waals surface area contributed by atoms with E-state index in [0.717, 1.165) is 17.3 Å². The first kappa shape index (κ1) is 19.2. The highest BCUT2D eigenvalue weighted by Crippen LogP contribution is 2.33. The number of fused-ring (bicyclic) bond motifs is 1. The van der Waals surface area contributed by atoms with Crippen LogP contribution in [-0.4, -0.2) is 21.1 Å². The smallest absolute Gasteiger partial charge is 0.325 e. The number of nitrogens with one attached hydrogen (secondary N) is 1. The van der Waals surface area contributed by atoms with E-state index in [1.54, 1.807) is 31.2 Å². The zero-order valence-corrected chi connectivity index (χ0v) is 15.4. The molecule has 1 heterocycles. The van der Waals surface area contributed by atoms with Gasteiger partial charge in [0.15, 0.2) is 0 Å². The number of carbonyl (C=O) groups excluding carboxylic acids is 1. The number of alkyl halides is 3. The highest BCUT2D eigenvalue weighted by atomic mass is 32.2. The summed E-state index contributed by atoms with van der Waals surface area (Å²) in [5.41, 5.74) is 1.81. The van der Waals surface area contributed by atoms with Gasteiger partial charge in [-0.15, -0.1) is 0 Å². The maximum absolute atomic E-state index is 13.1. The van der Waals surface area contributed by atoms with E-state index in [0.29, 0.717) is 11.1 Å². The monoisotopic (exact) mass is 391 g/mol. The Labute approximate surface area is 158 Å². The quantitative estimate of drug-likeness (QED) is 0.498. The molecular formula is C19H16F3N3OS. The number of aryl methyl sites for hydroxylation is 1. The van der Waals surface area contributed by atoms with Crippen LogP contribution in [0.3, 0.4) is 0 Å². The van der Waals surface area contributed by atoms with Crippen LogP contribution in [0.2, 0.25) is 0 Å². The van der Waals surface area contributed by atoms with Crippen molar-refractivity contribution in [1.29, 1.82) is 0 Å². The molecule has 4 nitrogen and oxygen atoms in total. The maximum Gasteiger partial charge on any atom is 0.451 e. The van der Waals surface area contributed by atoms with E-state index in [4.69, 9.17) is 0 Å². The average molecular weight is 391 g/mol. The molecule has 0 saturated carbocycles. The first-order chi connectivity index (χ1) is 12.7. The van der Waals surface area contributed by atoms with E-state index in [9.17, 15) is 18.0 Å². The molecule has 0 aliphatic heterocycles. The van der Waals surface area contributed by atoms with E-state index in [-0.39, 0.29) is 16.4 Å². The van der Waals surface area contributed by atoms with Gasteiger partial charge in [0.05, 0.1) is 10.8 Å². The van der Waals surface area contributed by atoms with Gasteiger partial charge in [0.2, 0.25) is 11.7 Å². The van der Waals surface area contributed by atoms with Crippen molar-refractivity contribution < 1.29 is 18.0 Å². The fraction of sp³-hybridized carbons (Fsp3) is 0.211. The number of para-hydroxylation sites is 1. The van der Waals surface area contributed by atoms with Crippen molar-refractivity contribution >= 4 is 34.3 Å². The van der Waals surface area contributed by atoms with E-state index in [1.165, 1.54) is 6.07 Å². The molecule has 1 amide bonds. The molecule has 140 valence electrons. The Morgan fingerprint density at radius 2 is 1.85 bits per heavy atom. The van der Waals surface area contributed by atoms with Crippen LogP contribution in [0, 0.1) is 6.92 Å². The molecule has 0 saturated heterocycles. The van der Waals surface area contributed by atoms with Crippen LogP contribution >= 0.6 is 11.8 Å². The Bertz CT molecular complexity index is 991. The van der Waals surface area contributed by atoms with Crippen molar-refractivity contribution in [3.63, 3.8) is 0 Å². The van der Waals surface area contributed by atoms with Crippen molar-refractivity contribution in [1.82, 2.24) is 9.97 Å². The average Bonchev–Trinajstić information content (AvgIpc) is 2.60. The van der Waals surface area contributed by atoms with Gasteiger partial charge in [-0.05, 0) is 37.6 Å². The largest absolute Gasteiger partial charge is 0.451 e. The summed E-state index contributed by atoms with van der Waals surface area (Å²) in [4.78, 5) is 19.7. The summed E-state index contributed by atoms with van der Waals surface area (Å²) in [5.74, 6) is -1.53. The number of benzene rings is 2. The number of anilines is 1. The van der Waals surface area contributed by atoms with Gasteiger partial charge in [0.25, 0.3) is 0 Å². The molecule has 3 rings (SSSR count). The Kier molecular flexibility index (Phi) is 5.36. The van der Waals surface area contributed by atoms with Crippen LogP contribution in [0.25, 0.3) is 10.9 Å². The number of hydrogen-bond donors (Lipinski definition) is 1. The number of rotatable bonds is 4. The van der Waals surface area contributed by atoms with Crippen LogP contribution in [-0.2, 0) is 11.0 Å². The molecule has 2 aromatic carbocycles. The summed E-state index contributed by atoms with van der Waals surface area (Å²) in [6.07, 6.45) is -4.66. The van der Waals surface area contributed by atoms with Crippen molar-refractivity contribution in [3.8, 4) is 0 Å². The van der Waals surface area contributed by atoms with Crippen LogP contribution in [0.4, 0.5) is 18.9 Å². The molecule has 1 aromatic heterocycles. The predicted molar refractivity (Wildman–Crippen MR) is 99.7 cm³/mol. The lowest BCUT2D eigenvalue weighted by atomic mass is 10.2. The standard InChI is InChI=1S/C19H16F3N3OS/c1-11-6-5-7-13(10-11)23-16(26)12(2)27-17-14-8-3-4-9-15(14)24-18(25-17)19(20,21)22/h3-10,12H,1-2H3,(H,23,26)/t12-/m1/s1. The third kappa shape index (κ3) is 4.57. The molecular weight excluding hydrogens is 375 g/mol. The summed E-state index contributed by atoms with van der Waals surface area (Å²) in [6.45, 7) is 3.53.